The summed E-state index contributed by atoms with van der Waals surface area (Å²) in [7, 11) is 1.87. The molecule has 54 heavy (non-hydrogen) atoms. The Balaban J connectivity index is 1.15. The lowest BCUT2D eigenvalue weighted by atomic mass is 9.98. The summed E-state index contributed by atoms with van der Waals surface area (Å²) in [4.78, 5) is 14.4. The van der Waals surface area contributed by atoms with Crippen LogP contribution in [0.15, 0.2) is 97.1 Å². The van der Waals surface area contributed by atoms with Gasteiger partial charge in [0.2, 0.25) is 5.82 Å². The number of aromatic hydroxyl groups is 1. The molecule has 1 fully saturated rings. The topological polar surface area (TPSA) is 111 Å². The van der Waals surface area contributed by atoms with Gasteiger partial charge in [-0.1, -0.05) is 78.9 Å². The van der Waals surface area contributed by atoms with Crippen molar-refractivity contribution in [2.24, 2.45) is 0 Å². The average molecular weight is 749 g/mol. The Hall–Kier alpha value is -5.18. The van der Waals surface area contributed by atoms with Crippen LogP contribution in [0.2, 0.25) is 0 Å². The van der Waals surface area contributed by atoms with Gasteiger partial charge in [0.15, 0.2) is 29.6 Å². The summed E-state index contributed by atoms with van der Waals surface area (Å²) in [5.74, 6) is -12.6. The number of phenolic OH excluding ortho intramolecular Hbond substituents is 1. The van der Waals surface area contributed by atoms with Crippen molar-refractivity contribution < 1.29 is 51.5 Å². The second-order valence-corrected chi connectivity index (χ2v) is 13.1. The highest BCUT2D eigenvalue weighted by atomic mass is 19.2. The van der Waals surface area contributed by atoms with Crippen LogP contribution in [0.3, 0.4) is 0 Å². The van der Waals surface area contributed by atoms with Gasteiger partial charge in [0.1, 0.15) is 11.3 Å². The van der Waals surface area contributed by atoms with Crippen molar-refractivity contribution in [3.05, 3.63) is 160 Å². The quantitative estimate of drug-likeness (QED) is 0.0599. The molecule has 1 aliphatic rings. The van der Waals surface area contributed by atoms with Crippen LogP contribution in [-0.4, -0.2) is 52.4 Å². The number of hydrogen-bond donors (Lipinski definition) is 4. The third kappa shape index (κ3) is 8.78. The van der Waals surface area contributed by atoms with Crippen LogP contribution in [0.1, 0.15) is 63.1 Å². The van der Waals surface area contributed by atoms with Crippen molar-refractivity contribution >= 4 is 5.91 Å². The van der Waals surface area contributed by atoms with Crippen LogP contribution >= 0.6 is 0 Å². The van der Waals surface area contributed by atoms with Gasteiger partial charge >= 0.3 is 0 Å². The van der Waals surface area contributed by atoms with Crippen molar-refractivity contribution in [2.45, 2.75) is 44.2 Å². The van der Waals surface area contributed by atoms with E-state index < -0.39 is 53.0 Å². The van der Waals surface area contributed by atoms with E-state index in [2.05, 4.69) is 5.32 Å². The van der Waals surface area contributed by atoms with E-state index in [1.54, 1.807) is 36.4 Å². The molecular weight excluding hydrogens is 711 g/mol. The van der Waals surface area contributed by atoms with Crippen molar-refractivity contribution in [3.63, 3.8) is 0 Å². The van der Waals surface area contributed by atoms with E-state index in [9.17, 15) is 42.1 Å². The zero-order chi connectivity index (χ0) is 38.5. The van der Waals surface area contributed by atoms with Crippen LogP contribution in [0.5, 0.6) is 5.75 Å². The van der Waals surface area contributed by atoms with Crippen molar-refractivity contribution in [1.29, 1.82) is 0 Å². The molecule has 0 saturated carbocycles. The largest absolute Gasteiger partial charge is 0.508 e. The molecule has 13 heteroatoms. The van der Waals surface area contributed by atoms with Crippen LogP contribution in [0.25, 0.3) is 11.1 Å². The molecule has 1 heterocycles. The molecule has 1 aliphatic heterocycles. The standard InChI is InChI=1S/C41H37F5N2O6/c1-48(21-32(51)29-6-3-7-30(50)17-29)20-31-18-33(26-10-8-23(22-49)9-11-26)54-41(53-31)27-14-12-25(13-15-27)28-5-2-4-24(16-28)19-47-40(52)34-35(42)37(44)39(46)38(45)36(34)43/h2-17,31-33,41,49-51H,18-22H2,1H3,(H,47,52)/t31-,32-,33+,41+/m1/s1. The molecule has 8 nitrogen and oxygen atoms in total. The molecule has 0 unspecified atom stereocenters. The van der Waals surface area contributed by atoms with Crippen molar-refractivity contribution in [2.75, 3.05) is 20.1 Å². The highest BCUT2D eigenvalue weighted by Gasteiger charge is 2.33. The Bertz CT molecular complexity index is 2070. The fourth-order valence-corrected chi connectivity index (χ4v) is 6.36. The number of benzene rings is 5. The van der Waals surface area contributed by atoms with Gasteiger partial charge in [-0.2, -0.15) is 0 Å². The predicted molar refractivity (Wildman–Crippen MR) is 188 cm³/mol. The summed E-state index contributed by atoms with van der Waals surface area (Å²) in [5.41, 5.74) is 3.44. The summed E-state index contributed by atoms with van der Waals surface area (Å²) in [6.45, 7) is 0.413. The molecule has 1 saturated heterocycles. The van der Waals surface area contributed by atoms with Crippen LogP contribution in [-0.2, 0) is 22.6 Å². The third-order valence-electron chi connectivity index (χ3n) is 9.20. The van der Waals surface area contributed by atoms with Crippen LogP contribution < -0.4 is 5.32 Å². The number of nitrogens with zero attached hydrogens (tertiary/aromatic N) is 1. The zero-order valence-electron chi connectivity index (χ0n) is 29.0. The molecule has 1 amide bonds. The lowest BCUT2D eigenvalue weighted by Gasteiger charge is -2.38. The summed E-state index contributed by atoms with van der Waals surface area (Å²) in [6, 6.07) is 28.2. The number of phenols is 1. The predicted octanol–water partition coefficient (Wildman–Crippen LogP) is 7.39. The number of amides is 1. The molecule has 0 aromatic heterocycles. The Kier molecular flexibility index (Phi) is 12.0. The van der Waals surface area contributed by atoms with Crippen LogP contribution in [0, 0.1) is 29.1 Å². The van der Waals surface area contributed by atoms with E-state index in [4.69, 9.17) is 9.47 Å². The number of aliphatic hydroxyl groups is 2. The van der Waals surface area contributed by atoms with Gasteiger partial charge in [0.05, 0.1) is 24.9 Å². The second kappa shape index (κ2) is 16.9. The van der Waals surface area contributed by atoms with Gasteiger partial charge in [-0.15, -0.1) is 0 Å². The van der Waals surface area contributed by atoms with Crippen LogP contribution in [0.4, 0.5) is 22.0 Å². The first-order chi connectivity index (χ1) is 25.9. The normalized spacial score (nSPS) is 17.8. The monoisotopic (exact) mass is 748 g/mol. The highest BCUT2D eigenvalue weighted by molar-refractivity contribution is 5.94. The molecule has 282 valence electrons. The minimum Gasteiger partial charge on any atom is -0.508 e. The summed E-state index contributed by atoms with van der Waals surface area (Å²) in [5, 5.41) is 32.4. The van der Waals surface area contributed by atoms with E-state index in [0.717, 1.165) is 27.8 Å². The molecular formula is C41H37F5N2O6. The molecule has 0 spiro atoms. The molecule has 5 aromatic carbocycles. The Morgan fingerprint density at radius 1 is 0.796 bits per heavy atom. The summed E-state index contributed by atoms with van der Waals surface area (Å²) < 4.78 is 81.9. The van der Waals surface area contributed by atoms with Gasteiger partial charge in [0.25, 0.3) is 5.91 Å². The SMILES string of the molecule is CN(C[C@H]1C[C@@H](c2ccc(CO)cc2)O[C@@H](c2ccc(-c3cccc(CNC(=O)c4c(F)c(F)c(F)c(F)c4F)c3)cc2)O1)C[C@@H](O)c1cccc(O)c1. The number of likely N-dealkylation sites (N-methyl/N-ethyl adjacent to an activating group) is 1. The number of ether oxygens (including phenoxy) is 2. The molecule has 6 rings (SSSR count). The number of nitrogens with one attached hydrogen (secondary N) is 1. The lowest BCUT2D eigenvalue weighted by Crippen LogP contribution is -2.39. The first-order valence-electron chi connectivity index (χ1n) is 17.1. The second-order valence-electron chi connectivity index (χ2n) is 13.1. The first-order valence-corrected chi connectivity index (χ1v) is 17.1. The summed E-state index contributed by atoms with van der Waals surface area (Å²) >= 11 is 0. The van der Waals surface area contributed by atoms with E-state index in [0.29, 0.717) is 30.6 Å². The zero-order valence-corrected chi connectivity index (χ0v) is 29.0. The molecule has 0 bridgehead atoms. The smallest absolute Gasteiger partial charge is 0.257 e. The maximum absolute atomic E-state index is 14.1. The number of carbonyl (C=O) groups excluding carboxylic acids is 1. The van der Waals surface area contributed by atoms with Crippen molar-refractivity contribution in [1.82, 2.24) is 10.2 Å². The number of aliphatic hydroxyl groups excluding tert-OH is 2. The number of hydrogen-bond acceptors (Lipinski definition) is 7. The molecule has 4 N–H and O–H groups in total. The molecule has 0 radical (unpaired) electrons. The fourth-order valence-electron chi connectivity index (χ4n) is 6.36. The fraction of sp³-hybridized carbons (Fsp3) is 0.244. The van der Waals surface area contributed by atoms with Crippen molar-refractivity contribution in [3.8, 4) is 16.9 Å². The summed E-state index contributed by atoms with van der Waals surface area (Å²) in [6.07, 6.45) is -1.72. The molecule has 0 aliphatic carbocycles. The maximum atomic E-state index is 14.1. The minimum atomic E-state index is -2.35. The Morgan fingerprint density at radius 2 is 1.44 bits per heavy atom. The van der Waals surface area contributed by atoms with E-state index in [1.807, 2.05) is 60.5 Å². The molecule has 5 aromatic rings. The number of rotatable bonds is 12. The van der Waals surface area contributed by atoms with Gasteiger partial charge in [-0.3, -0.25) is 4.79 Å². The van der Waals surface area contributed by atoms with Gasteiger partial charge in [0, 0.05) is 31.6 Å². The van der Waals surface area contributed by atoms with E-state index in [1.165, 1.54) is 12.1 Å². The average Bonchev–Trinajstić information content (AvgIpc) is 3.18. The lowest BCUT2D eigenvalue weighted by molar-refractivity contribution is -0.252. The minimum absolute atomic E-state index is 0.0684. The van der Waals surface area contributed by atoms with Gasteiger partial charge in [-0.25, -0.2) is 22.0 Å². The maximum Gasteiger partial charge on any atom is 0.257 e. The Labute approximate surface area is 308 Å². The van der Waals surface area contributed by atoms with Gasteiger partial charge in [-0.05, 0) is 58.6 Å². The number of carbonyl (C=O) groups is 1. The highest BCUT2D eigenvalue weighted by Crippen LogP contribution is 2.39. The molecule has 4 atom stereocenters. The van der Waals surface area contributed by atoms with Gasteiger partial charge < -0.3 is 35.0 Å². The first kappa shape index (κ1) is 38.5. The Morgan fingerprint density at radius 3 is 2.11 bits per heavy atom. The number of halogens is 5. The van der Waals surface area contributed by atoms with E-state index >= 15 is 0 Å². The third-order valence-corrected chi connectivity index (χ3v) is 9.20. The van der Waals surface area contributed by atoms with E-state index in [-0.39, 0.29) is 31.1 Å².